The Bertz CT molecular complexity index is 1200. The highest BCUT2D eigenvalue weighted by molar-refractivity contribution is 6.12. The molecule has 32 heavy (non-hydrogen) atoms. The predicted octanol–water partition coefficient (Wildman–Crippen LogP) is 4.57. The zero-order valence-electron chi connectivity index (χ0n) is 18.4. The van der Waals surface area contributed by atoms with E-state index in [1.807, 2.05) is 50.2 Å². The number of nitrogens with zero attached hydrogens (tertiary/aromatic N) is 2. The second-order valence-electron chi connectivity index (χ2n) is 7.95. The molecule has 0 spiro atoms. The summed E-state index contributed by atoms with van der Waals surface area (Å²) in [5.41, 5.74) is 5.01. The number of rotatable bonds is 3. The highest BCUT2D eigenvalue weighted by Gasteiger charge is 2.29. The Morgan fingerprint density at radius 2 is 1.56 bits per heavy atom. The molecule has 0 unspecified atom stereocenters. The van der Waals surface area contributed by atoms with Gasteiger partial charge >= 0.3 is 0 Å². The monoisotopic (exact) mass is 427 g/mol. The van der Waals surface area contributed by atoms with Gasteiger partial charge in [-0.2, -0.15) is 0 Å². The van der Waals surface area contributed by atoms with Crippen LogP contribution in [0, 0.1) is 13.8 Å². The second-order valence-corrected chi connectivity index (χ2v) is 7.95. The van der Waals surface area contributed by atoms with Gasteiger partial charge < -0.3 is 15.1 Å². The second kappa shape index (κ2) is 8.67. The summed E-state index contributed by atoms with van der Waals surface area (Å²) in [6.45, 7) is 4.14. The molecule has 3 aromatic carbocycles. The molecular weight excluding hydrogens is 402 g/mol. The first kappa shape index (κ1) is 21.3. The van der Waals surface area contributed by atoms with Crippen LogP contribution in [0.15, 0.2) is 66.7 Å². The molecule has 0 radical (unpaired) electrons. The van der Waals surface area contributed by atoms with Crippen LogP contribution in [0.25, 0.3) is 0 Å². The van der Waals surface area contributed by atoms with Gasteiger partial charge in [-0.15, -0.1) is 0 Å². The largest absolute Gasteiger partial charge is 0.322 e. The number of carbonyl (C=O) groups excluding carboxylic acids is 3. The van der Waals surface area contributed by atoms with Crippen LogP contribution in [0.1, 0.15) is 38.3 Å². The molecule has 0 aliphatic carbocycles. The average molecular weight is 428 g/mol. The average Bonchev–Trinajstić information content (AvgIpc) is 2.92. The molecule has 0 bridgehead atoms. The van der Waals surface area contributed by atoms with E-state index >= 15 is 0 Å². The molecular formula is C26H25N3O3. The number of anilines is 3. The molecule has 1 N–H and O–H groups in total. The number of benzene rings is 3. The summed E-state index contributed by atoms with van der Waals surface area (Å²) >= 11 is 0. The van der Waals surface area contributed by atoms with Gasteiger partial charge in [-0.3, -0.25) is 14.4 Å². The van der Waals surface area contributed by atoms with E-state index < -0.39 is 0 Å². The number of hydrogen-bond donors (Lipinski definition) is 1. The first-order valence-corrected chi connectivity index (χ1v) is 10.5. The molecule has 1 aliphatic rings. The van der Waals surface area contributed by atoms with E-state index in [0.29, 0.717) is 23.4 Å². The molecule has 0 saturated heterocycles. The van der Waals surface area contributed by atoms with Crippen molar-refractivity contribution >= 4 is 34.8 Å². The molecule has 0 aromatic heterocycles. The van der Waals surface area contributed by atoms with Crippen molar-refractivity contribution in [2.75, 3.05) is 28.7 Å². The van der Waals surface area contributed by atoms with Crippen molar-refractivity contribution in [3.05, 3.63) is 89.0 Å². The lowest BCUT2D eigenvalue weighted by molar-refractivity contribution is -0.118. The summed E-state index contributed by atoms with van der Waals surface area (Å²) in [6, 6.07) is 19.9. The van der Waals surface area contributed by atoms with Crippen molar-refractivity contribution < 1.29 is 14.4 Å². The normalized spacial score (nSPS) is 13.4. The summed E-state index contributed by atoms with van der Waals surface area (Å²) in [5.74, 6) is -0.400. The molecule has 6 heteroatoms. The van der Waals surface area contributed by atoms with Crippen molar-refractivity contribution in [2.24, 2.45) is 0 Å². The molecule has 6 nitrogen and oxygen atoms in total. The van der Waals surface area contributed by atoms with Gasteiger partial charge in [-0.1, -0.05) is 30.3 Å². The maximum Gasteiger partial charge on any atom is 0.258 e. The highest BCUT2D eigenvalue weighted by atomic mass is 16.2. The number of nitrogens with one attached hydrogen (secondary N) is 1. The van der Waals surface area contributed by atoms with E-state index in [2.05, 4.69) is 5.32 Å². The van der Waals surface area contributed by atoms with Gasteiger partial charge in [0.2, 0.25) is 5.91 Å². The van der Waals surface area contributed by atoms with Crippen LogP contribution in [0.3, 0.4) is 0 Å². The SMILES string of the molecule is Cc1ccccc1C(=O)Nc1ccc(C(=O)N2CCC(=O)N(C)c3cccc(C)c32)cc1. The van der Waals surface area contributed by atoms with E-state index in [4.69, 9.17) is 0 Å². The Hall–Kier alpha value is -3.93. The number of carbonyl (C=O) groups is 3. The molecule has 0 atom stereocenters. The van der Waals surface area contributed by atoms with Crippen molar-refractivity contribution in [3.8, 4) is 0 Å². The molecule has 0 saturated carbocycles. The number of amides is 3. The first-order chi connectivity index (χ1) is 15.4. The third kappa shape index (κ3) is 3.99. The van der Waals surface area contributed by atoms with Crippen molar-refractivity contribution in [2.45, 2.75) is 20.3 Å². The fourth-order valence-corrected chi connectivity index (χ4v) is 3.97. The van der Waals surface area contributed by atoms with Crippen LogP contribution in [0.4, 0.5) is 17.1 Å². The van der Waals surface area contributed by atoms with Crippen LogP contribution < -0.4 is 15.1 Å². The van der Waals surface area contributed by atoms with Gasteiger partial charge in [-0.05, 0) is 61.4 Å². The quantitative estimate of drug-likeness (QED) is 0.666. The lowest BCUT2D eigenvalue weighted by Gasteiger charge is -2.25. The smallest absolute Gasteiger partial charge is 0.258 e. The topological polar surface area (TPSA) is 69.7 Å². The van der Waals surface area contributed by atoms with E-state index in [1.54, 1.807) is 47.2 Å². The van der Waals surface area contributed by atoms with Gasteiger partial charge in [0.05, 0.1) is 11.4 Å². The number of aryl methyl sites for hydroxylation is 2. The fourth-order valence-electron chi connectivity index (χ4n) is 3.97. The minimum Gasteiger partial charge on any atom is -0.322 e. The third-order valence-electron chi connectivity index (χ3n) is 5.80. The van der Waals surface area contributed by atoms with Crippen molar-refractivity contribution in [1.29, 1.82) is 0 Å². The lowest BCUT2D eigenvalue weighted by Crippen LogP contribution is -2.32. The molecule has 4 rings (SSSR count). The highest BCUT2D eigenvalue weighted by Crippen LogP contribution is 2.36. The van der Waals surface area contributed by atoms with Crippen LogP contribution >= 0.6 is 0 Å². The molecule has 3 aromatic rings. The van der Waals surface area contributed by atoms with Gasteiger partial charge in [0, 0.05) is 36.8 Å². The zero-order chi connectivity index (χ0) is 22.8. The standard InChI is InChI=1S/C26H25N3O3/c1-17-7-4-5-9-21(17)25(31)27-20-13-11-19(12-14-20)26(32)29-16-15-23(30)28(3)22-10-6-8-18(2)24(22)29/h4-14H,15-16H2,1-3H3,(H,27,31). The van der Waals surface area contributed by atoms with E-state index in [9.17, 15) is 14.4 Å². The summed E-state index contributed by atoms with van der Waals surface area (Å²) in [4.78, 5) is 41.7. The minimum atomic E-state index is -0.194. The van der Waals surface area contributed by atoms with Crippen molar-refractivity contribution in [3.63, 3.8) is 0 Å². The summed E-state index contributed by atoms with van der Waals surface area (Å²) in [5, 5.41) is 2.88. The van der Waals surface area contributed by atoms with Gasteiger partial charge in [0.25, 0.3) is 11.8 Å². The lowest BCUT2D eigenvalue weighted by atomic mass is 10.1. The molecule has 162 valence electrons. The van der Waals surface area contributed by atoms with E-state index in [0.717, 1.165) is 22.5 Å². The van der Waals surface area contributed by atoms with Crippen molar-refractivity contribution in [1.82, 2.24) is 0 Å². The predicted molar refractivity (Wildman–Crippen MR) is 126 cm³/mol. The zero-order valence-corrected chi connectivity index (χ0v) is 18.4. The Morgan fingerprint density at radius 3 is 2.28 bits per heavy atom. The van der Waals surface area contributed by atoms with E-state index in [-0.39, 0.29) is 24.1 Å². The van der Waals surface area contributed by atoms with Crippen LogP contribution in [-0.2, 0) is 4.79 Å². The van der Waals surface area contributed by atoms with Gasteiger partial charge in [0.15, 0.2) is 0 Å². The summed E-state index contributed by atoms with van der Waals surface area (Å²) in [7, 11) is 1.74. The molecule has 1 heterocycles. The first-order valence-electron chi connectivity index (χ1n) is 10.5. The maximum absolute atomic E-state index is 13.4. The van der Waals surface area contributed by atoms with E-state index in [1.165, 1.54) is 0 Å². The Kier molecular flexibility index (Phi) is 5.77. The maximum atomic E-state index is 13.4. The number of hydrogen-bond acceptors (Lipinski definition) is 3. The van der Waals surface area contributed by atoms with Crippen LogP contribution in [-0.4, -0.2) is 31.3 Å². The summed E-state index contributed by atoms with van der Waals surface area (Å²) in [6.07, 6.45) is 0.251. The van der Waals surface area contributed by atoms with Gasteiger partial charge in [-0.25, -0.2) is 0 Å². The Morgan fingerprint density at radius 1 is 0.875 bits per heavy atom. The Balaban J connectivity index is 1.58. The minimum absolute atomic E-state index is 0.0265. The molecule has 1 aliphatic heterocycles. The number of para-hydroxylation sites is 1. The Labute approximate surface area is 187 Å². The van der Waals surface area contributed by atoms with Gasteiger partial charge in [0.1, 0.15) is 0 Å². The third-order valence-corrected chi connectivity index (χ3v) is 5.80. The number of fused-ring (bicyclic) bond motifs is 1. The van der Waals surface area contributed by atoms with Crippen LogP contribution in [0.5, 0.6) is 0 Å². The molecule has 3 amide bonds. The summed E-state index contributed by atoms with van der Waals surface area (Å²) < 4.78 is 0. The fraction of sp³-hybridized carbons (Fsp3) is 0.192. The van der Waals surface area contributed by atoms with Crippen LogP contribution in [0.2, 0.25) is 0 Å². The molecule has 0 fully saturated rings.